The fourth-order valence-corrected chi connectivity index (χ4v) is 4.21. The Morgan fingerprint density at radius 3 is 2.83 bits per heavy atom. The predicted octanol–water partition coefficient (Wildman–Crippen LogP) is 3.98. The van der Waals surface area contributed by atoms with Crippen LogP contribution in [0, 0.1) is 0 Å². The quantitative estimate of drug-likeness (QED) is 0.636. The molecule has 1 fully saturated rings. The van der Waals surface area contributed by atoms with Crippen molar-refractivity contribution in [1.82, 2.24) is 24.6 Å². The number of likely N-dealkylation sites (tertiary alicyclic amines) is 1. The maximum Gasteiger partial charge on any atom is 0.225 e. The summed E-state index contributed by atoms with van der Waals surface area (Å²) in [7, 11) is 5.92. The lowest BCUT2D eigenvalue weighted by Crippen LogP contribution is -2.34. The molecule has 2 aromatic heterocycles. The van der Waals surface area contributed by atoms with Gasteiger partial charge in [-0.2, -0.15) is 5.10 Å². The Bertz CT molecular complexity index is 983. The summed E-state index contributed by atoms with van der Waals surface area (Å²) in [5.74, 6) is 1.10. The summed E-state index contributed by atoms with van der Waals surface area (Å²) in [6.45, 7) is 3.00. The van der Waals surface area contributed by atoms with Gasteiger partial charge in [0.25, 0.3) is 0 Å². The minimum absolute atomic E-state index is 0.358. The second kappa shape index (κ2) is 8.51. The zero-order chi connectivity index (χ0) is 20.4. The molecule has 1 aromatic carbocycles. The van der Waals surface area contributed by atoms with Crippen molar-refractivity contribution in [3.05, 3.63) is 59.1 Å². The highest BCUT2D eigenvalue weighted by Crippen LogP contribution is 2.35. The Balaban J connectivity index is 1.65. The van der Waals surface area contributed by atoms with E-state index in [0.29, 0.717) is 5.92 Å². The van der Waals surface area contributed by atoms with E-state index >= 15 is 0 Å². The molecule has 0 aliphatic carbocycles. The average Bonchev–Trinajstić information content (AvgIpc) is 3.12. The molecule has 1 aliphatic rings. The second-order valence-corrected chi connectivity index (χ2v) is 8.41. The van der Waals surface area contributed by atoms with Crippen LogP contribution in [0.4, 0.5) is 5.95 Å². The number of anilines is 1. The highest BCUT2D eigenvalue weighted by Gasteiger charge is 2.26. The summed E-state index contributed by atoms with van der Waals surface area (Å²) in [5, 5.41) is 5.03. The summed E-state index contributed by atoms with van der Waals surface area (Å²) < 4.78 is 1.86. The molecule has 0 spiro atoms. The van der Waals surface area contributed by atoms with Crippen LogP contribution in [0.25, 0.3) is 11.1 Å². The van der Waals surface area contributed by atoms with E-state index in [0.717, 1.165) is 60.3 Å². The van der Waals surface area contributed by atoms with Crippen molar-refractivity contribution < 1.29 is 0 Å². The molecule has 0 unspecified atom stereocenters. The van der Waals surface area contributed by atoms with Gasteiger partial charge < -0.3 is 4.90 Å². The molecule has 0 N–H and O–H groups in total. The molecule has 0 saturated carbocycles. The standard InChI is InChI=1S/C22H27ClN6/c1-27(2)22-24-12-20(17-6-4-8-19(23)10-17)21(26-22)18-7-5-9-29(15-18)14-16-11-25-28(3)13-16/h4,6,8,10-13,18H,5,7,9,14-15H2,1-3H3/t18-/m0/s1. The Kier molecular flexibility index (Phi) is 5.83. The van der Waals surface area contributed by atoms with Gasteiger partial charge in [0.2, 0.25) is 5.95 Å². The number of halogens is 1. The summed E-state index contributed by atoms with van der Waals surface area (Å²) >= 11 is 6.26. The number of piperidine rings is 1. The molecule has 1 atom stereocenters. The zero-order valence-electron chi connectivity index (χ0n) is 17.2. The monoisotopic (exact) mass is 410 g/mol. The number of benzene rings is 1. The Hall–Kier alpha value is -2.44. The number of nitrogens with zero attached hydrogens (tertiary/aromatic N) is 6. The lowest BCUT2D eigenvalue weighted by atomic mass is 9.90. The van der Waals surface area contributed by atoms with Gasteiger partial charge in [0.15, 0.2) is 0 Å². The molecule has 7 heteroatoms. The minimum Gasteiger partial charge on any atom is -0.347 e. The van der Waals surface area contributed by atoms with Crippen molar-refractivity contribution in [3.8, 4) is 11.1 Å². The van der Waals surface area contributed by atoms with E-state index in [9.17, 15) is 0 Å². The Morgan fingerprint density at radius 1 is 1.24 bits per heavy atom. The maximum atomic E-state index is 6.26. The van der Waals surface area contributed by atoms with Gasteiger partial charge in [-0.25, -0.2) is 9.97 Å². The summed E-state index contributed by atoms with van der Waals surface area (Å²) in [6, 6.07) is 7.96. The van der Waals surface area contributed by atoms with Gasteiger partial charge >= 0.3 is 0 Å². The van der Waals surface area contributed by atoms with Crippen molar-refractivity contribution in [2.24, 2.45) is 7.05 Å². The van der Waals surface area contributed by atoms with Crippen molar-refractivity contribution in [1.29, 1.82) is 0 Å². The molecule has 152 valence electrons. The molecule has 3 heterocycles. The van der Waals surface area contributed by atoms with Crippen LogP contribution in [0.5, 0.6) is 0 Å². The molecule has 0 amide bonds. The highest BCUT2D eigenvalue weighted by molar-refractivity contribution is 6.30. The maximum absolute atomic E-state index is 6.26. The predicted molar refractivity (Wildman–Crippen MR) is 117 cm³/mol. The lowest BCUT2D eigenvalue weighted by molar-refractivity contribution is 0.198. The Labute approximate surface area is 177 Å². The summed E-state index contributed by atoms with van der Waals surface area (Å²) in [4.78, 5) is 14.0. The van der Waals surface area contributed by atoms with Crippen LogP contribution >= 0.6 is 11.6 Å². The van der Waals surface area contributed by atoms with E-state index in [-0.39, 0.29) is 0 Å². The van der Waals surface area contributed by atoms with E-state index in [2.05, 4.69) is 27.2 Å². The molecular formula is C22H27ClN6. The number of hydrogen-bond donors (Lipinski definition) is 0. The van der Waals surface area contributed by atoms with Crippen molar-refractivity contribution >= 4 is 17.5 Å². The Morgan fingerprint density at radius 2 is 2.10 bits per heavy atom. The third-order valence-corrected chi connectivity index (χ3v) is 5.63. The highest BCUT2D eigenvalue weighted by atomic mass is 35.5. The number of rotatable bonds is 5. The van der Waals surface area contributed by atoms with Gasteiger partial charge in [0.05, 0.1) is 11.9 Å². The van der Waals surface area contributed by atoms with Crippen molar-refractivity contribution in [3.63, 3.8) is 0 Å². The van der Waals surface area contributed by atoms with Crippen LogP contribution in [0.3, 0.4) is 0 Å². The normalized spacial score (nSPS) is 17.4. The van der Waals surface area contributed by atoms with Crippen molar-refractivity contribution in [2.45, 2.75) is 25.3 Å². The van der Waals surface area contributed by atoms with Gasteiger partial charge in [-0.15, -0.1) is 0 Å². The molecule has 29 heavy (non-hydrogen) atoms. The van der Waals surface area contributed by atoms with E-state index in [1.54, 1.807) is 0 Å². The van der Waals surface area contributed by atoms with E-state index in [4.69, 9.17) is 16.6 Å². The first-order valence-electron chi connectivity index (χ1n) is 9.99. The summed E-state index contributed by atoms with van der Waals surface area (Å²) in [6.07, 6.45) is 8.28. The molecule has 0 bridgehead atoms. The second-order valence-electron chi connectivity index (χ2n) is 7.97. The van der Waals surface area contributed by atoms with E-state index < -0.39 is 0 Å². The zero-order valence-corrected chi connectivity index (χ0v) is 18.0. The first kappa shape index (κ1) is 19.9. The van der Waals surface area contributed by atoms with Gasteiger partial charge in [0, 0.05) is 68.7 Å². The topological polar surface area (TPSA) is 50.1 Å². The van der Waals surface area contributed by atoms with Gasteiger partial charge in [-0.05, 0) is 37.1 Å². The molecule has 1 aliphatic heterocycles. The fraction of sp³-hybridized carbons (Fsp3) is 0.409. The van der Waals surface area contributed by atoms with Crippen molar-refractivity contribution in [2.75, 3.05) is 32.1 Å². The molecule has 3 aromatic rings. The number of aryl methyl sites for hydroxylation is 1. The summed E-state index contributed by atoms with van der Waals surface area (Å²) in [5.41, 5.74) is 4.51. The minimum atomic E-state index is 0.358. The van der Waals surface area contributed by atoms with Gasteiger partial charge in [-0.3, -0.25) is 9.58 Å². The average molecular weight is 411 g/mol. The van der Waals surface area contributed by atoms with Crippen LogP contribution < -0.4 is 4.90 Å². The van der Waals surface area contributed by atoms with Crippen LogP contribution in [0.2, 0.25) is 5.02 Å². The number of hydrogen-bond acceptors (Lipinski definition) is 5. The number of aromatic nitrogens is 4. The molecule has 6 nitrogen and oxygen atoms in total. The van der Waals surface area contributed by atoms with Crippen LogP contribution in [-0.2, 0) is 13.6 Å². The first-order chi connectivity index (χ1) is 14.0. The molecular weight excluding hydrogens is 384 g/mol. The van der Waals surface area contributed by atoms with Crippen LogP contribution in [0.15, 0.2) is 42.9 Å². The van der Waals surface area contributed by atoms with E-state index in [1.165, 1.54) is 5.56 Å². The van der Waals surface area contributed by atoms with Crippen LogP contribution in [-0.4, -0.2) is 51.8 Å². The van der Waals surface area contributed by atoms with Crippen LogP contribution in [0.1, 0.15) is 30.0 Å². The fourth-order valence-electron chi connectivity index (χ4n) is 4.02. The SMILES string of the molecule is CN(C)c1ncc(-c2cccc(Cl)c2)c([C@H]2CCCN(Cc3cnn(C)c3)C2)n1. The largest absolute Gasteiger partial charge is 0.347 e. The molecule has 4 rings (SSSR count). The van der Waals surface area contributed by atoms with Gasteiger partial charge in [0.1, 0.15) is 0 Å². The lowest BCUT2D eigenvalue weighted by Gasteiger charge is -2.33. The van der Waals surface area contributed by atoms with E-state index in [1.807, 2.05) is 61.3 Å². The third-order valence-electron chi connectivity index (χ3n) is 5.40. The third kappa shape index (κ3) is 4.60. The smallest absolute Gasteiger partial charge is 0.225 e. The van der Waals surface area contributed by atoms with Gasteiger partial charge in [-0.1, -0.05) is 23.7 Å². The first-order valence-corrected chi connectivity index (χ1v) is 10.4. The molecule has 1 saturated heterocycles. The molecule has 0 radical (unpaired) electrons.